The predicted octanol–water partition coefficient (Wildman–Crippen LogP) is 3.90. The van der Waals surface area contributed by atoms with Crippen LogP contribution in [0.15, 0.2) is 48.5 Å². The van der Waals surface area contributed by atoms with Crippen molar-refractivity contribution in [2.24, 2.45) is 0 Å². The van der Waals surface area contributed by atoms with Crippen molar-refractivity contribution in [1.82, 2.24) is 0 Å². The molecule has 2 nitrogen and oxygen atoms in total. The molecule has 0 fully saturated rings. The van der Waals surface area contributed by atoms with Gasteiger partial charge in [0.05, 0.1) is 6.10 Å². The summed E-state index contributed by atoms with van der Waals surface area (Å²) in [6.45, 7) is 0. The highest BCUT2D eigenvalue weighted by molar-refractivity contribution is 5.35. The van der Waals surface area contributed by atoms with E-state index in [1.54, 1.807) is 6.07 Å². The molecule has 1 N–H and O–H groups in total. The van der Waals surface area contributed by atoms with E-state index in [0.29, 0.717) is 5.75 Å². The number of benzene rings is 2. The van der Waals surface area contributed by atoms with Crippen LogP contribution in [0.25, 0.3) is 0 Å². The first kappa shape index (κ1) is 15.0. The molecule has 1 heterocycles. The fourth-order valence-corrected chi connectivity index (χ4v) is 2.99. The minimum atomic E-state index is -0.470. The van der Waals surface area contributed by atoms with Crippen LogP contribution in [0.4, 0.5) is 4.39 Å². The average Bonchev–Trinajstić information content (AvgIpc) is 2.55. The molecule has 0 aromatic heterocycles. The van der Waals surface area contributed by atoms with Crippen molar-refractivity contribution >= 4 is 0 Å². The number of rotatable bonds is 5. The summed E-state index contributed by atoms with van der Waals surface area (Å²) in [5, 5.41) is 10.3. The Balaban J connectivity index is 1.51. The van der Waals surface area contributed by atoms with E-state index in [0.717, 1.165) is 37.7 Å². The van der Waals surface area contributed by atoms with Gasteiger partial charge < -0.3 is 9.84 Å². The number of hydrogen-bond acceptors (Lipinski definition) is 2. The van der Waals surface area contributed by atoms with E-state index in [-0.39, 0.29) is 11.9 Å². The minimum Gasteiger partial charge on any atom is -0.487 e. The smallest absolute Gasteiger partial charge is 0.125 e. The third kappa shape index (κ3) is 3.66. The van der Waals surface area contributed by atoms with Gasteiger partial charge in [0.1, 0.15) is 17.7 Å². The largest absolute Gasteiger partial charge is 0.487 e. The number of aliphatic hydroxyl groups excluding tert-OH is 1. The molecule has 0 aliphatic carbocycles. The molecule has 116 valence electrons. The predicted molar refractivity (Wildman–Crippen MR) is 84.5 cm³/mol. The number of aliphatic hydroxyl groups is 1. The molecule has 0 radical (unpaired) electrons. The Morgan fingerprint density at radius 1 is 1.18 bits per heavy atom. The first-order chi connectivity index (χ1) is 10.7. The van der Waals surface area contributed by atoms with Gasteiger partial charge >= 0.3 is 0 Å². The maximum absolute atomic E-state index is 13.2. The van der Waals surface area contributed by atoms with Gasteiger partial charge in [0.2, 0.25) is 0 Å². The number of fused-ring (bicyclic) bond motifs is 1. The molecular weight excluding hydrogens is 279 g/mol. The molecular formula is C19H21FO2. The van der Waals surface area contributed by atoms with Crippen LogP contribution in [0.1, 0.15) is 30.4 Å². The second kappa shape index (κ2) is 6.93. The van der Waals surface area contributed by atoms with E-state index >= 15 is 0 Å². The van der Waals surface area contributed by atoms with Crippen molar-refractivity contribution in [1.29, 1.82) is 0 Å². The summed E-state index contributed by atoms with van der Waals surface area (Å²) in [4.78, 5) is 0. The number of halogens is 1. The Kier molecular flexibility index (Phi) is 4.74. The highest BCUT2D eigenvalue weighted by atomic mass is 19.1. The van der Waals surface area contributed by atoms with Crippen LogP contribution in [0.5, 0.6) is 5.75 Å². The van der Waals surface area contributed by atoms with Crippen LogP contribution < -0.4 is 4.74 Å². The van der Waals surface area contributed by atoms with Crippen molar-refractivity contribution in [3.63, 3.8) is 0 Å². The molecule has 1 aliphatic rings. The van der Waals surface area contributed by atoms with E-state index in [1.807, 2.05) is 18.2 Å². The van der Waals surface area contributed by atoms with E-state index in [2.05, 4.69) is 12.1 Å². The third-order valence-electron chi connectivity index (χ3n) is 4.24. The standard InChI is InChI=1S/C19H21FO2/c20-16-10-12-18-15(13-16)9-11-19(22-18)17(21)8-4-7-14-5-2-1-3-6-14/h1-3,5-6,10,12-13,17,19,21H,4,7-9,11H2/t17-,19+/m1/s1. The number of aryl methyl sites for hydroxylation is 2. The topological polar surface area (TPSA) is 29.5 Å². The van der Waals surface area contributed by atoms with Crippen molar-refractivity contribution in [2.75, 3.05) is 0 Å². The van der Waals surface area contributed by atoms with Gasteiger partial charge in [-0.2, -0.15) is 0 Å². The molecule has 3 rings (SSSR count). The summed E-state index contributed by atoms with van der Waals surface area (Å²) in [5.41, 5.74) is 2.19. The van der Waals surface area contributed by atoms with Crippen LogP contribution >= 0.6 is 0 Å². The average molecular weight is 300 g/mol. The lowest BCUT2D eigenvalue weighted by Crippen LogP contribution is -2.35. The highest BCUT2D eigenvalue weighted by Gasteiger charge is 2.26. The van der Waals surface area contributed by atoms with Crippen LogP contribution in [-0.4, -0.2) is 17.3 Å². The summed E-state index contributed by atoms with van der Waals surface area (Å²) in [5.74, 6) is 0.476. The summed E-state index contributed by atoms with van der Waals surface area (Å²) in [6, 6.07) is 14.9. The number of ether oxygens (including phenoxy) is 1. The van der Waals surface area contributed by atoms with Crippen molar-refractivity contribution in [2.45, 2.75) is 44.3 Å². The Bertz CT molecular complexity index is 612. The Morgan fingerprint density at radius 3 is 2.82 bits per heavy atom. The Hall–Kier alpha value is -1.87. The first-order valence-electron chi connectivity index (χ1n) is 7.89. The molecule has 0 spiro atoms. The van der Waals surface area contributed by atoms with E-state index in [1.165, 1.54) is 17.7 Å². The molecule has 2 atom stereocenters. The van der Waals surface area contributed by atoms with Crippen molar-refractivity contribution in [3.05, 3.63) is 65.5 Å². The van der Waals surface area contributed by atoms with Gasteiger partial charge in [-0.15, -0.1) is 0 Å². The molecule has 0 unspecified atom stereocenters. The summed E-state index contributed by atoms with van der Waals surface area (Å²) in [7, 11) is 0. The zero-order valence-electron chi connectivity index (χ0n) is 12.5. The fourth-order valence-electron chi connectivity index (χ4n) is 2.99. The maximum Gasteiger partial charge on any atom is 0.125 e. The molecule has 0 bridgehead atoms. The lowest BCUT2D eigenvalue weighted by molar-refractivity contribution is 0.0179. The zero-order chi connectivity index (χ0) is 15.4. The first-order valence-corrected chi connectivity index (χ1v) is 7.89. The summed E-state index contributed by atoms with van der Waals surface area (Å²) < 4.78 is 19.0. The lowest BCUT2D eigenvalue weighted by Gasteiger charge is -2.29. The van der Waals surface area contributed by atoms with Gasteiger partial charge in [0.15, 0.2) is 0 Å². The fraction of sp³-hybridized carbons (Fsp3) is 0.368. The van der Waals surface area contributed by atoms with E-state index in [4.69, 9.17) is 4.74 Å². The van der Waals surface area contributed by atoms with E-state index in [9.17, 15) is 9.50 Å². The van der Waals surface area contributed by atoms with Crippen LogP contribution in [0.2, 0.25) is 0 Å². The number of hydrogen-bond donors (Lipinski definition) is 1. The zero-order valence-corrected chi connectivity index (χ0v) is 12.5. The van der Waals surface area contributed by atoms with Crippen molar-refractivity contribution < 1.29 is 14.2 Å². The van der Waals surface area contributed by atoms with Gasteiger partial charge in [0, 0.05) is 0 Å². The molecule has 2 aromatic rings. The summed E-state index contributed by atoms with van der Waals surface area (Å²) in [6.07, 6.45) is 3.45. The molecule has 1 aliphatic heterocycles. The van der Waals surface area contributed by atoms with Gasteiger partial charge in [-0.05, 0) is 61.4 Å². The van der Waals surface area contributed by atoms with Crippen LogP contribution in [0.3, 0.4) is 0 Å². The Labute approximate surface area is 130 Å². The summed E-state index contributed by atoms with van der Waals surface area (Å²) >= 11 is 0. The Morgan fingerprint density at radius 2 is 2.00 bits per heavy atom. The normalized spacial score (nSPS) is 18.4. The van der Waals surface area contributed by atoms with Crippen molar-refractivity contribution in [3.8, 4) is 5.75 Å². The maximum atomic E-state index is 13.2. The van der Waals surface area contributed by atoms with Gasteiger partial charge in [-0.1, -0.05) is 30.3 Å². The van der Waals surface area contributed by atoms with E-state index < -0.39 is 6.10 Å². The SMILES string of the molecule is O[C@H](CCCc1ccccc1)[C@@H]1CCc2cc(F)ccc2O1. The molecule has 22 heavy (non-hydrogen) atoms. The molecule has 3 heteroatoms. The van der Waals surface area contributed by atoms with Crippen LogP contribution in [0, 0.1) is 5.82 Å². The minimum absolute atomic E-state index is 0.186. The lowest BCUT2D eigenvalue weighted by atomic mass is 9.96. The van der Waals surface area contributed by atoms with Crippen LogP contribution in [-0.2, 0) is 12.8 Å². The van der Waals surface area contributed by atoms with Gasteiger partial charge in [-0.25, -0.2) is 4.39 Å². The second-order valence-electron chi connectivity index (χ2n) is 5.89. The highest BCUT2D eigenvalue weighted by Crippen LogP contribution is 2.30. The molecule has 0 amide bonds. The third-order valence-corrected chi connectivity index (χ3v) is 4.24. The second-order valence-corrected chi connectivity index (χ2v) is 5.89. The molecule has 0 saturated carbocycles. The molecule has 2 aromatic carbocycles. The van der Waals surface area contributed by atoms with Gasteiger partial charge in [-0.3, -0.25) is 0 Å². The monoisotopic (exact) mass is 300 g/mol. The quantitative estimate of drug-likeness (QED) is 0.907. The molecule has 0 saturated heterocycles. The van der Waals surface area contributed by atoms with Gasteiger partial charge in [0.25, 0.3) is 0 Å².